The molecule has 0 unspecified atom stereocenters. The quantitative estimate of drug-likeness (QED) is 0.658. The highest BCUT2D eigenvalue weighted by Gasteiger charge is 2.13. The summed E-state index contributed by atoms with van der Waals surface area (Å²) in [5.41, 5.74) is 0.763. The first kappa shape index (κ1) is 18.6. The molecule has 0 atom stereocenters. The molecule has 9 heteroatoms. The van der Waals surface area contributed by atoms with Gasteiger partial charge < -0.3 is 15.0 Å². The number of ether oxygens (including phenoxy) is 1. The highest BCUT2D eigenvalue weighted by molar-refractivity contribution is 7.88. The highest BCUT2D eigenvalue weighted by atomic mass is 32.2. The summed E-state index contributed by atoms with van der Waals surface area (Å²) in [5, 5.41) is 3.12. The highest BCUT2D eigenvalue weighted by Crippen LogP contribution is 2.15. The predicted molar refractivity (Wildman–Crippen MR) is 101 cm³/mol. The summed E-state index contributed by atoms with van der Waals surface area (Å²) in [6.45, 7) is 3.71. The molecule has 0 radical (unpaired) electrons. The number of nitrogens with one attached hydrogen (secondary N) is 2. The van der Waals surface area contributed by atoms with E-state index in [0.29, 0.717) is 25.6 Å². The lowest BCUT2D eigenvalue weighted by Gasteiger charge is -2.27. The Kier molecular flexibility index (Phi) is 6.37. The van der Waals surface area contributed by atoms with E-state index in [9.17, 15) is 8.42 Å². The van der Waals surface area contributed by atoms with Gasteiger partial charge in [0.25, 0.3) is 0 Å². The maximum atomic E-state index is 12.1. The first-order valence-corrected chi connectivity index (χ1v) is 10.2. The van der Waals surface area contributed by atoms with Crippen molar-refractivity contribution in [1.29, 1.82) is 0 Å². The molecule has 1 aliphatic heterocycles. The van der Waals surface area contributed by atoms with Crippen molar-refractivity contribution in [1.82, 2.24) is 14.7 Å². The van der Waals surface area contributed by atoms with Gasteiger partial charge in [0.15, 0.2) is 0 Å². The number of benzene rings is 1. The smallest absolute Gasteiger partial charge is 0.215 e. The van der Waals surface area contributed by atoms with E-state index in [2.05, 4.69) is 24.9 Å². The van der Waals surface area contributed by atoms with E-state index in [1.807, 2.05) is 24.3 Å². The molecule has 1 fully saturated rings. The Morgan fingerprint density at radius 3 is 2.62 bits per heavy atom. The van der Waals surface area contributed by atoms with Gasteiger partial charge in [-0.25, -0.2) is 23.1 Å². The van der Waals surface area contributed by atoms with E-state index in [4.69, 9.17) is 4.74 Å². The van der Waals surface area contributed by atoms with Crippen molar-refractivity contribution in [3.8, 4) is 0 Å². The van der Waals surface area contributed by atoms with Gasteiger partial charge in [-0.15, -0.1) is 0 Å². The van der Waals surface area contributed by atoms with Gasteiger partial charge >= 0.3 is 0 Å². The lowest BCUT2D eigenvalue weighted by atomic mass is 10.2. The molecular formula is C17H23N5O3S. The molecule has 8 nitrogen and oxygen atoms in total. The lowest BCUT2D eigenvalue weighted by Crippen LogP contribution is -2.36. The van der Waals surface area contributed by atoms with E-state index >= 15 is 0 Å². The third kappa shape index (κ3) is 5.65. The lowest BCUT2D eigenvalue weighted by molar-refractivity contribution is 0.122. The van der Waals surface area contributed by atoms with Crippen LogP contribution in [0.15, 0.2) is 42.7 Å². The number of aromatic nitrogens is 2. The van der Waals surface area contributed by atoms with Gasteiger partial charge in [0.05, 0.1) is 19.0 Å². The minimum Gasteiger partial charge on any atom is -0.378 e. The molecule has 26 heavy (non-hydrogen) atoms. The van der Waals surface area contributed by atoms with Crippen molar-refractivity contribution in [2.75, 3.05) is 49.6 Å². The second-order valence-corrected chi connectivity index (χ2v) is 7.73. The first-order valence-electron chi connectivity index (χ1n) is 8.52. The Bertz CT molecular complexity index is 795. The zero-order valence-corrected chi connectivity index (χ0v) is 15.3. The molecule has 1 aromatic carbocycles. The molecule has 0 aliphatic carbocycles. The molecule has 2 aromatic rings. The van der Waals surface area contributed by atoms with Gasteiger partial charge in [-0.2, -0.15) is 0 Å². The maximum absolute atomic E-state index is 12.1. The molecule has 2 heterocycles. The van der Waals surface area contributed by atoms with Crippen molar-refractivity contribution >= 4 is 21.7 Å². The van der Waals surface area contributed by atoms with Crippen LogP contribution in [0.3, 0.4) is 0 Å². The largest absolute Gasteiger partial charge is 0.378 e. The van der Waals surface area contributed by atoms with E-state index in [1.165, 1.54) is 6.33 Å². The van der Waals surface area contributed by atoms with Crippen molar-refractivity contribution in [2.24, 2.45) is 0 Å². The van der Waals surface area contributed by atoms with Gasteiger partial charge in [0.1, 0.15) is 18.0 Å². The Balaban J connectivity index is 1.46. The molecule has 3 rings (SSSR count). The minimum atomic E-state index is -3.36. The van der Waals surface area contributed by atoms with Crippen LogP contribution in [0.5, 0.6) is 0 Å². The Hall–Kier alpha value is -2.23. The van der Waals surface area contributed by atoms with Crippen LogP contribution in [-0.4, -0.2) is 57.8 Å². The number of morpholine rings is 1. The number of nitrogens with zero attached hydrogens (tertiary/aromatic N) is 3. The van der Waals surface area contributed by atoms with Crippen molar-refractivity contribution in [2.45, 2.75) is 5.75 Å². The second kappa shape index (κ2) is 8.93. The number of hydrogen-bond acceptors (Lipinski definition) is 7. The van der Waals surface area contributed by atoms with E-state index in [1.54, 1.807) is 12.1 Å². The molecule has 0 saturated carbocycles. The predicted octanol–water partition coefficient (Wildman–Crippen LogP) is 0.845. The summed E-state index contributed by atoms with van der Waals surface area (Å²) in [5.74, 6) is 1.49. The van der Waals surface area contributed by atoms with E-state index < -0.39 is 10.0 Å². The fourth-order valence-corrected chi connectivity index (χ4v) is 3.80. The molecule has 1 saturated heterocycles. The van der Waals surface area contributed by atoms with Crippen molar-refractivity contribution < 1.29 is 13.2 Å². The molecule has 140 valence electrons. The maximum Gasteiger partial charge on any atom is 0.215 e. The Morgan fingerprint density at radius 1 is 1.08 bits per heavy atom. The number of sulfonamides is 1. The van der Waals surface area contributed by atoms with Gasteiger partial charge in [0, 0.05) is 32.2 Å². The van der Waals surface area contributed by atoms with Crippen LogP contribution < -0.4 is 14.9 Å². The normalized spacial score (nSPS) is 15.0. The van der Waals surface area contributed by atoms with Crippen LogP contribution in [0.1, 0.15) is 5.56 Å². The zero-order chi connectivity index (χ0) is 18.2. The third-order valence-electron chi connectivity index (χ3n) is 3.94. The summed E-state index contributed by atoms with van der Waals surface area (Å²) in [4.78, 5) is 10.6. The Morgan fingerprint density at radius 2 is 1.85 bits per heavy atom. The average molecular weight is 377 g/mol. The number of rotatable bonds is 8. The average Bonchev–Trinajstić information content (AvgIpc) is 2.67. The molecule has 2 N–H and O–H groups in total. The van der Waals surface area contributed by atoms with Gasteiger partial charge in [0.2, 0.25) is 10.0 Å². The fraction of sp³-hybridized carbons (Fsp3) is 0.412. The first-order chi connectivity index (χ1) is 12.6. The third-order valence-corrected chi connectivity index (χ3v) is 5.30. The molecule has 1 aliphatic rings. The minimum absolute atomic E-state index is 0.0253. The Labute approximate surface area is 153 Å². The van der Waals surface area contributed by atoms with Crippen LogP contribution in [0.25, 0.3) is 0 Å². The summed E-state index contributed by atoms with van der Waals surface area (Å²) >= 11 is 0. The SMILES string of the molecule is O=S(=O)(Cc1ccccc1)NCCNc1cc(N2CCOCC2)ncn1. The molecule has 1 aromatic heterocycles. The van der Waals surface area contributed by atoms with Crippen LogP contribution in [-0.2, 0) is 20.5 Å². The summed E-state index contributed by atoms with van der Waals surface area (Å²) in [6, 6.07) is 11.0. The van der Waals surface area contributed by atoms with Gasteiger partial charge in [-0.05, 0) is 5.56 Å². The number of hydrogen-bond donors (Lipinski definition) is 2. The molecule has 0 amide bonds. The van der Waals surface area contributed by atoms with Crippen LogP contribution in [0, 0.1) is 0 Å². The van der Waals surface area contributed by atoms with Crippen LogP contribution in [0.4, 0.5) is 11.6 Å². The summed E-state index contributed by atoms with van der Waals surface area (Å²) in [6.07, 6.45) is 1.51. The number of anilines is 2. The standard InChI is InChI=1S/C17H23N5O3S/c23-26(24,13-15-4-2-1-3-5-15)21-7-6-18-16-12-17(20-14-19-16)22-8-10-25-11-9-22/h1-5,12,14,21H,6-11,13H2,(H,18,19,20). The van der Waals surface area contributed by atoms with Gasteiger partial charge in [-0.1, -0.05) is 30.3 Å². The van der Waals surface area contributed by atoms with Crippen molar-refractivity contribution in [3.05, 3.63) is 48.3 Å². The molecular weight excluding hydrogens is 354 g/mol. The van der Waals surface area contributed by atoms with E-state index in [0.717, 1.165) is 24.5 Å². The zero-order valence-electron chi connectivity index (χ0n) is 14.5. The van der Waals surface area contributed by atoms with Gasteiger partial charge in [-0.3, -0.25) is 0 Å². The summed E-state index contributed by atoms with van der Waals surface area (Å²) in [7, 11) is -3.36. The summed E-state index contributed by atoms with van der Waals surface area (Å²) < 4.78 is 32.1. The van der Waals surface area contributed by atoms with E-state index in [-0.39, 0.29) is 12.3 Å². The second-order valence-electron chi connectivity index (χ2n) is 5.93. The topological polar surface area (TPSA) is 96.5 Å². The van der Waals surface area contributed by atoms with Crippen molar-refractivity contribution in [3.63, 3.8) is 0 Å². The molecule has 0 spiro atoms. The van der Waals surface area contributed by atoms with Crippen LogP contribution >= 0.6 is 0 Å². The fourth-order valence-electron chi connectivity index (χ4n) is 2.65. The molecule has 0 bridgehead atoms. The van der Waals surface area contributed by atoms with Crippen LogP contribution in [0.2, 0.25) is 0 Å². The monoisotopic (exact) mass is 377 g/mol.